The van der Waals surface area contributed by atoms with Crippen molar-refractivity contribution in [1.82, 2.24) is 99.5 Å². The Morgan fingerprint density at radius 1 is 0.409 bits per heavy atom. The summed E-state index contributed by atoms with van der Waals surface area (Å²) < 4.78 is 41.6. The maximum Gasteiger partial charge on any atom is 0.162 e. The first-order chi connectivity index (χ1) is 64.1. The lowest BCUT2D eigenvalue weighted by molar-refractivity contribution is 0.494. The number of aromatic nitrogens is 20. The Labute approximate surface area is 822 Å². The zero-order valence-electron chi connectivity index (χ0n) is 86.9. The van der Waals surface area contributed by atoms with Crippen LogP contribution in [0.4, 0.5) is 13.2 Å². The molecule has 0 spiro atoms. The molecule has 0 amide bonds. The summed E-state index contributed by atoms with van der Waals surface area (Å²) in [6.45, 7) is 64.2. The lowest BCUT2D eigenvalue weighted by atomic mass is 10.0. The second-order valence-corrected chi connectivity index (χ2v) is 36.4. The van der Waals surface area contributed by atoms with E-state index in [2.05, 4.69) is 303 Å². The summed E-state index contributed by atoms with van der Waals surface area (Å²) in [5.41, 5.74) is 12.3. The van der Waals surface area contributed by atoms with Crippen LogP contribution in [0, 0.1) is 35.2 Å². The van der Waals surface area contributed by atoms with Gasteiger partial charge in [-0.2, -0.15) is 15.3 Å². The Balaban J connectivity index is 0. The largest absolute Gasteiger partial charge is 0.348 e. The highest BCUT2D eigenvalue weighted by molar-refractivity contribution is 5.97. The maximum absolute atomic E-state index is 12.9. The Hall–Kier alpha value is -12.5. The van der Waals surface area contributed by atoms with Crippen LogP contribution in [0.5, 0.6) is 0 Å². The molecule has 0 bridgehead atoms. The molecule has 1 unspecified atom stereocenters. The van der Waals surface area contributed by atoms with Gasteiger partial charge in [0.15, 0.2) is 11.6 Å². The molecule has 2 aliphatic heterocycles. The summed E-state index contributed by atoms with van der Waals surface area (Å²) in [5.74, 6) is 8.84. The molecule has 2 aliphatic rings. The van der Waals surface area contributed by atoms with Crippen LogP contribution in [-0.2, 0) is 20.5 Å². The fraction of sp³-hybridized carbons (Fsp3) is 0.468. The number of pyridine rings is 4. The molecule has 13 aromatic rings. The van der Waals surface area contributed by atoms with Crippen LogP contribution in [0.3, 0.4) is 0 Å². The number of imidazole rings is 1. The molecule has 2 N–H and O–H groups in total. The summed E-state index contributed by atoms with van der Waals surface area (Å²) in [4.78, 5) is 67.4. The molecule has 23 nitrogen and oxygen atoms in total. The molecular weight excluding hydrogens is 1710 g/mol. The van der Waals surface area contributed by atoms with Gasteiger partial charge in [-0.1, -0.05) is 253 Å². The number of H-pyrrole nitrogens is 2. The van der Waals surface area contributed by atoms with E-state index in [0.717, 1.165) is 64.8 Å². The summed E-state index contributed by atoms with van der Waals surface area (Å²) >= 11 is 0. The van der Waals surface area contributed by atoms with Crippen LogP contribution in [0.2, 0.25) is 0 Å². The lowest BCUT2D eigenvalue weighted by Gasteiger charge is -2.05. The van der Waals surface area contributed by atoms with Crippen molar-refractivity contribution in [2.75, 3.05) is 6.54 Å². The molecule has 15 rings (SSSR count). The predicted octanol–water partition coefficient (Wildman–Crippen LogP) is 28.7. The van der Waals surface area contributed by atoms with Gasteiger partial charge in [-0.05, 0) is 183 Å². The van der Waals surface area contributed by atoms with Crippen molar-refractivity contribution in [2.45, 2.75) is 306 Å². The first-order valence-electron chi connectivity index (χ1n) is 47.1. The molecule has 0 saturated carbocycles. The van der Waals surface area contributed by atoms with E-state index in [9.17, 15) is 13.2 Å². The van der Waals surface area contributed by atoms with Crippen molar-refractivity contribution in [1.29, 1.82) is 0 Å². The lowest BCUT2D eigenvalue weighted by Crippen LogP contribution is -2.10. The highest BCUT2D eigenvalue weighted by Gasteiger charge is 2.12. The number of aromatic amines is 2. The van der Waals surface area contributed by atoms with E-state index in [1.165, 1.54) is 46.3 Å². The fourth-order valence-electron chi connectivity index (χ4n) is 10.6. The highest BCUT2D eigenvalue weighted by Crippen LogP contribution is 2.22. The molecule has 0 radical (unpaired) electrons. The number of allylic oxidation sites excluding steroid dienone is 1. The minimum Gasteiger partial charge on any atom is -0.348 e. The normalized spacial score (nSPS) is 11.5. The van der Waals surface area contributed by atoms with E-state index in [4.69, 9.17) is 0 Å². The molecule has 1 aromatic carbocycles. The van der Waals surface area contributed by atoms with Crippen LogP contribution in [0.15, 0.2) is 261 Å². The molecule has 12 aromatic heterocycles. The quantitative estimate of drug-likeness (QED) is 0.0909. The SMILES string of the molecule is C.C.CC(C)C1=NCC=C1.CC(C)C1C=NC=N1.CC(C)Cc1ncccn1.CC(C)c1cccc(F)c1F.CC(C)c1ccccn1.CC(C)c1cccnc1.CC(C)c1ccn(C)n1.CC(C)c1ccncc1.CC(C)c1ccncn1.CC(C)c1cn[nH]c1.CC(C)c1cncc(F)c1.CC(C)c1cnccn1.CC(C)c1cnn(C)c1.CC(C)c1ncc[nH]1.CC(C)c1ncccn1. The Morgan fingerprint density at radius 2 is 0.985 bits per heavy atom. The summed E-state index contributed by atoms with van der Waals surface area (Å²) in [6, 6.07) is 27.9. The van der Waals surface area contributed by atoms with Gasteiger partial charge in [0.05, 0.1) is 42.6 Å². The Kier molecular flexibility index (Phi) is 69.0. The van der Waals surface area contributed by atoms with Gasteiger partial charge in [0.2, 0.25) is 0 Å². The molecule has 26 heteroatoms. The smallest absolute Gasteiger partial charge is 0.162 e. The van der Waals surface area contributed by atoms with Crippen LogP contribution in [-0.4, -0.2) is 130 Å². The molecule has 0 aliphatic carbocycles. The van der Waals surface area contributed by atoms with E-state index in [0.29, 0.717) is 94.5 Å². The van der Waals surface area contributed by atoms with Gasteiger partial charge in [-0.15, -0.1) is 0 Å². The number of benzene rings is 1. The third-order valence-electron chi connectivity index (χ3n) is 19.1. The monoisotopic (exact) mass is 1880 g/mol. The van der Waals surface area contributed by atoms with Crippen molar-refractivity contribution in [3.05, 3.63) is 337 Å². The van der Waals surface area contributed by atoms with E-state index in [-0.39, 0.29) is 26.6 Å². The molecule has 137 heavy (non-hydrogen) atoms. The second-order valence-electron chi connectivity index (χ2n) is 36.4. The number of hydrogen-bond acceptors (Lipinski definition) is 19. The second kappa shape index (κ2) is 74.7. The number of nitrogens with one attached hydrogen (secondary N) is 2. The molecule has 1 atom stereocenters. The number of rotatable bonds is 16. The van der Waals surface area contributed by atoms with Crippen LogP contribution < -0.4 is 0 Å². The van der Waals surface area contributed by atoms with Gasteiger partial charge >= 0.3 is 0 Å². The standard InChI is InChI=1S/C9H10F2.C8H10FN.C8H12N2.3C8H11N.2C7H12N2.3C7H10N2.C7H11N.3C6H10N2.2CH4/c1-6(2)7-4-3-5-8(10)9(7)11;1-6(2)7-3-8(9)5-10-4-7;1-7(2)6-8-9-4-3-5-10-8;1-7(2)8-3-5-9-6-4-8;1-7(2)8-4-3-5-9-6-8;1-7(2)8-5-3-4-6-9-8;1-6(2)7-4-8-9(3)5-7;1-6(2)7-4-5-9(3)8-7;1-6(2)7-5-8-3-4-9-7;1-6(2)7-3-4-8-5-9-7;1-6(2)7-8-4-3-5-9-7;1-6(2)7-4-3-5-8-7;1-5(2)6-3-7-4-8-6;1-5(2)6-3-7-8-4-6;1-5(2)6-7-3-4-8-6;;/h3-6H,1-2H3;3-6H,1-2H3;3-5,7H,6H2,1-2H3;3*3-7H,1-2H3;2*4-6H,1-3H3;3*3-6H,1-2H3;3-4,6H,5H2,1-2H3;3-6H,1-2H3;2*3-5H,1-2H3,(H,7,8);2*1H4. The zero-order valence-corrected chi connectivity index (χ0v) is 86.9. The first kappa shape index (κ1) is 127. The molecule has 0 saturated heterocycles. The van der Waals surface area contributed by atoms with Crippen LogP contribution >= 0.6 is 0 Å². The maximum atomic E-state index is 12.9. The van der Waals surface area contributed by atoms with Crippen molar-refractivity contribution in [3.8, 4) is 0 Å². The van der Waals surface area contributed by atoms with E-state index in [1.54, 1.807) is 86.9 Å². The Morgan fingerprint density at radius 3 is 1.30 bits per heavy atom. The summed E-state index contributed by atoms with van der Waals surface area (Å²) in [7, 11) is 3.87. The minimum absolute atomic E-state index is 0. The van der Waals surface area contributed by atoms with Gasteiger partial charge in [-0.25, -0.2) is 53.1 Å². The molecule has 14 heterocycles. The van der Waals surface area contributed by atoms with Crippen molar-refractivity contribution < 1.29 is 13.2 Å². The van der Waals surface area contributed by atoms with Crippen LogP contribution in [0.25, 0.3) is 0 Å². The van der Waals surface area contributed by atoms with Crippen molar-refractivity contribution in [3.63, 3.8) is 0 Å². The average molecular weight is 1880 g/mol. The van der Waals surface area contributed by atoms with Crippen molar-refractivity contribution in [2.24, 2.45) is 46.8 Å². The fourth-order valence-corrected chi connectivity index (χ4v) is 10.6. The number of halogens is 3. The number of nitrogens with zero attached hydrogens (tertiary/aromatic N) is 21. The van der Waals surface area contributed by atoms with E-state index in [1.807, 2.05) is 180 Å². The molecule has 0 fully saturated rings. The van der Waals surface area contributed by atoms with Gasteiger partial charge in [0, 0.05) is 173 Å². The highest BCUT2D eigenvalue weighted by atomic mass is 19.2. The third-order valence-corrected chi connectivity index (χ3v) is 19.1. The zero-order chi connectivity index (χ0) is 101. The van der Waals surface area contributed by atoms with Gasteiger partial charge in [0.25, 0.3) is 0 Å². The first-order valence-corrected chi connectivity index (χ1v) is 47.1. The molecular formula is C111H168F3N23. The van der Waals surface area contributed by atoms with Crippen molar-refractivity contribution >= 4 is 18.3 Å². The van der Waals surface area contributed by atoms with E-state index >= 15 is 0 Å². The third kappa shape index (κ3) is 60.6. The average Bonchev–Trinajstić information content (AvgIpc) is 1.66. The van der Waals surface area contributed by atoms with E-state index < -0.39 is 11.6 Å². The molecule has 748 valence electrons. The van der Waals surface area contributed by atoms with Gasteiger partial charge < -0.3 is 4.98 Å². The van der Waals surface area contributed by atoms with Gasteiger partial charge in [0.1, 0.15) is 36.0 Å². The van der Waals surface area contributed by atoms with Crippen LogP contribution in [0.1, 0.15) is 367 Å². The minimum atomic E-state index is -0.767. The predicted molar refractivity (Wildman–Crippen MR) is 568 cm³/mol. The topological polar surface area (TPSA) is 285 Å². The number of hydrogen-bond donors (Lipinski definition) is 2. The number of aryl methyl sites for hydroxylation is 2. The summed E-state index contributed by atoms with van der Waals surface area (Å²) in [5, 5.41) is 14.9. The van der Waals surface area contributed by atoms with Gasteiger partial charge in [-0.3, -0.25) is 54.4 Å². The Bertz CT molecular complexity index is 4670. The number of aliphatic imine (C=N–C) groups is 3. The summed E-state index contributed by atoms with van der Waals surface area (Å²) in [6.07, 6.45) is 49.7.